The van der Waals surface area contributed by atoms with E-state index in [9.17, 15) is 5.11 Å². The van der Waals surface area contributed by atoms with Gasteiger partial charge in [0.15, 0.2) is 0 Å². The fourth-order valence-electron chi connectivity index (χ4n) is 3.26. The van der Waals surface area contributed by atoms with Gasteiger partial charge < -0.3 is 19.5 Å². The summed E-state index contributed by atoms with van der Waals surface area (Å²) in [6, 6.07) is 6.35. The van der Waals surface area contributed by atoms with Crippen LogP contribution in [-0.4, -0.2) is 42.4 Å². The number of aliphatic hydroxyl groups excluding tert-OH is 1. The zero-order valence-electron chi connectivity index (χ0n) is 14.8. The summed E-state index contributed by atoms with van der Waals surface area (Å²) in [7, 11) is 0. The average Bonchev–Trinajstić information content (AvgIpc) is 2.55. The fraction of sp³-hybridized carbons (Fsp3) is 0.684. The molecular formula is C19H31NO3. The normalized spacial score (nSPS) is 20.3. The van der Waals surface area contributed by atoms with Gasteiger partial charge in [-0.3, -0.25) is 0 Å². The summed E-state index contributed by atoms with van der Waals surface area (Å²) in [4.78, 5) is 2.49. The molecule has 0 radical (unpaired) electrons. The Balaban J connectivity index is 2.00. The Labute approximate surface area is 140 Å². The van der Waals surface area contributed by atoms with E-state index in [1.54, 1.807) is 0 Å². The maximum Gasteiger partial charge on any atom is 0.128 e. The largest absolute Gasteiger partial charge is 0.494 e. The van der Waals surface area contributed by atoms with Gasteiger partial charge >= 0.3 is 0 Å². The van der Waals surface area contributed by atoms with Crippen LogP contribution in [0, 0.1) is 0 Å². The van der Waals surface area contributed by atoms with E-state index in [0.29, 0.717) is 19.3 Å². The van der Waals surface area contributed by atoms with Gasteiger partial charge in [-0.2, -0.15) is 0 Å². The third kappa shape index (κ3) is 5.11. The molecule has 2 unspecified atom stereocenters. The number of ether oxygens (including phenoxy) is 2. The number of hydrogen-bond donors (Lipinski definition) is 1. The van der Waals surface area contributed by atoms with Gasteiger partial charge in [0.25, 0.3) is 0 Å². The molecule has 0 saturated carbocycles. The van der Waals surface area contributed by atoms with Crippen LogP contribution in [0.25, 0.3) is 0 Å². The molecule has 4 heteroatoms. The summed E-state index contributed by atoms with van der Waals surface area (Å²) >= 11 is 0. The lowest BCUT2D eigenvalue weighted by molar-refractivity contribution is 0.107. The van der Waals surface area contributed by atoms with Gasteiger partial charge in [-0.05, 0) is 58.7 Å². The predicted octanol–water partition coefficient (Wildman–Crippen LogP) is 3.78. The first kappa shape index (κ1) is 18.1. The van der Waals surface area contributed by atoms with Crippen molar-refractivity contribution in [2.75, 3.05) is 26.3 Å². The molecule has 1 aromatic rings. The minimum absolute atomic E-state index is 0.499. The monoisotopic (exact) mass is 321 g/mol. The zero-order chi connectivity index (χ0) is 16.7. The first-order valence-electron chi connectivity index (χ1n) is 8.97. The van der Waals surface area contributed by atoms with Crippen molar-refractivity contribution >= 4 is 0 Å². The molecule has 2 rings (SSSR count). The van der Waals surface area contributed by atoms with E-state index in [4.69, 9.17) is 9.47 Å². The van der Waals surface area contributed by atoms with E-state index >= 15 is 0 Å². The van der Waals surface area contributed by atoms with Crippen molar-refractivity contribution in [2.24, 2.45) is 0 Å². The van der Waals surface area contributed by atoms with E-state index in [1.807, 2.05) is 32.0 Å². The minimum Gasteiger partial charge on any atom is -0.494 e. The lowest BCUT2D eigenvalue weighted by Crippen LogP contribution is -2.38. The molecular weight excluding hydrogens is 290 g/mol. The quantitative estimate of drug-likeness (QED) is 0.791. The Bertz CT molecular complexity index is 478. The van der Waals surface area contributed by atoms with Crippen LogP contribution >= 0.6 is 0 Å². The van der Waals surface area contributed by atoms with Crippen LogP contribution < -0.4 is 9.47 Å². The maximum atomic E-state index is 10.6. The van der Waals surface area contributed by atoms with Gasteiger partial charge in [-0.1, -0.05) is 6.42 Å². The fourth-order valence-corrected chi connectivity index (χ4v) is 3.26. The molecule has 0 aliphatic carbocycles. The van der Waals surface area contributed by atoms with Crippen LogP contribution in [-0.2, 0) is 0 Å². The van der Waals surface area contributed by atoms with E-state index < -0.39 is 6.10 Å². The second-order valence-corrected chi connectivity index (χ2v) is 6.25. The summed E-state index contributed by atoms with van der Waals surface area (Å²) in [6.07, 6.45) is 4.10. The first-order chi connectivity index (χ1) is 11.2. The molecule has 0 aromatic heterocycles. The van der Waals surface area contributed by atoms with Crippen molar-refractivity contribution in [3.05, 3.63) is 23.8 Å². The van der Waals surface area contributed by atoms with Gasteiger partial charge in [-0.15, -0.1) is 0 Å². The highest BCUT2D eigenvalue weighted by atomic mass is 16.5. The Kier molecular flexibility index (Phi) is 7.18. The molecule has 0 amide bonds. The molecule has 23 heavy (non-hydrogen) atoms. The van der Waals surface area contributed by atoms with E-state index in [1.165, 1.54) is 19.3 Å². The SMILES string of the molecule is CCOc1ccc(C(O)CCN2CCCCC2C)c(OCC)c1. The summed E-state index contributed by atoms with van der Waals surface area (Å²) in [5.74, 6) is 1.52. The summed E-state index contributed by atoms with van der Waals surface area (Å²) in [5, 5.41) is 10.6. The molecule has 1 fully saturated rings. The van der Waals surface area contributed by atoms with Crippen molar-refractivity contribution in [2.45, 2.75) is 58.6 Å². The first-order valence-corrected chi connectivity index (χ1v) is 8.97. The summed E-state index contributed by atoms with van der Waals surface area (Å²) in [5.41, 5.74) is 0.861. The topological polar surface area (TPSA) is 41.9 Å². The van der Waals surface area contributed by atoms with Crippen molar-refractivity contribution < 1.29 is 14.6 Å². The number of aliphatic hydroxyl groups is 1. The van der Waals surface area contributed by atoms with Crippen LogP contribution in [0.1, 0.15) is 58.1 Å². The van der Waals surface area contributed by atoms with Crippen molar-refractivity contribution in [3.8, 4) is 11.5 Å². The Morgan fingerprint density at radius 2 is 2.00 bits per heavy atom. The number of hydrogen-bond acceptors (Lipinski definition) is 4. The number of nitrogens with zero attached hydrogens (tertiary/aromatic N) is 1. The van der Waals surface area contributed by atoms with E-state index in [0.717, 1.165) is 36.6 Å². The van der Waals surface area contributed by atoms with Gasteiger partial charge in [0, 0.05) is 24.2 Å². The Morgan fingerprint density at radius 1 is 1.22 bits per heavy atom. The number of benzene rings is 1. The van der Waals surface area contributed by atoms with Crippen molar-refractivity contribution in [1.82, 2.24) is 4.90 Å². The molecule has 1 N–H and O–H groups in total. The second kappa shape index (κ2) is 9.14. The molecule has 0 spiro atoms. The number of piperidine rings is 1. The average molecular weight is 321 g/mol. The molecule has 0 bridgehead atoms. The van der Waals surface area contributed by atoms with Crippen LogP contribution in [0.3, 0.4) is 0 Å². The molecule has 2 atom stereocenters. The molecule has 1 saturated heterocycles. The lowest BCUT2D eigenvalue weighted by atomic mass is 10.0. The van der Waals surface area contributed by atoms with Gasteiger partial charge in [-0.25, -0.2) is 0 Å². The molecule has 1 aliphatic heterocycles. The minimum atomic E-state index is -0.499. The highest BCUT2D eigenvalue weighted by molar-refractivity contribution is 5.42. The Morgan fingerprint density at radius 3 is 2.70 bits per heavy atom. The Hall–Kier alpha value is -1.26. The molecule has 1 aliphatic rings. The van der Waals surface area contributed by atoms with Gasteiger partial charge in [0.1, 0.15) is 11.5 Å². The predicted molar refractivity (Wildman–Crippen MR) is 93.2 cm³/mol. The molecule has 1 aromatic carbocycles. The maximum absolute atomic E-state index is 10.6. The summed E-state index contributed by atoms with van der Waals surface area (Å²) in [6.45, 7) is 9.49. The van der Waals surface area contributed by atoms with Gasteiger partial charge in [0.05, 0.1) is 19.3 Å². The van der Waals surface area contributed by atoms with Crippen molar-refractivity contribution in [3.63, 3.8) is 0 Å². The third-order valence-electron chi connectivity index (χ3n) is 4.59. The lowest BCUT2D eigenvalue weighted by Gasteiger charge is -2.33. The highest BCUT2D eigenvalue weighted by Crippen LogP contribution is 2.32. The summed E-state index contributed by atoms with van der Waals surface area (Å²) < 4.78 is 11.2. The van der Waals surface area contributed by atoms with Crippen LogP contribution in [0.4, 0.5) is 0 Å². The highest BCUT2D eigenvalue weighted by Gasteiger charge is 2.21. The molecule has 130 valence electrons. The second-order valence-electron chi connectivity index (χ2n) is 6.25. The van der Waals surface area contributed by atoms with Crippen LogP contribution in [0.15, 0.2) is 18.2 Å². The van der Waals surface area contributed by atoms with E-state index in [2.05, 4.69) is 11.8 Å². The third-order valence-corrected chi connectivity index (χ3v) is 4.59. The molecule has 1 heterocycles. The molecule has 4 nitrogen and oxygen atoms in total. The van der Waals surface area contributed by atoms with Gasteiger partial charge in [0.2, 0.25) is 0 Å². The number of rotatable bonds is 8. The zero-order valence-corrected chi connectivity index (χ0v) is 14.8. The smallest absolute Gasteiger partial charge is 0.128 e. The van der Waals surface area contributed by atoms with Crippen LogP contribution in [0.5, 0.6) is 11.5 Å². The van der Waals surface area contributed by atoms with Crippen LogP contribution in [0.2, 0.25) is 0 Å². The standard InChI is InChI=1S/C19H31NO3/c1-4-22-16-9-10-17(19(14-16)23-5-2)18(21)11-13-20-12-7-6-8-15(20)3/h9-10,14-15,18,21H,4-8,11-13H2,1-3H3. The number of likely N-dealkylation sites (tertiary alicyclic amines) is 1. The van der Waals surface area contributed by atoms with Crippen molar-refractivity contribution in [1.29, 1.82) is 0 Å². The van der Waals surface area contributed by atoms with E-state index in [-0.39, 0.29) is 0 Å².